The third-order valence-electron chi connectivity index (χ3n) is 4.51. The third kappa shape index (κ3) is 4.92. The summed E-state index contributed by atoms with van der Waals surface area (Å²) in [6, 6.07) is 8.55. The summed E-state index contributed by atoms with van der Waals surface area (Å²) in [4.78, 5) is 0. The first-order valence-electron chi connectivity index (χ1n) is 8.06. The average Bonchev–Trinajstić information content (AvgIpc) is 2.46. The molecule has 1 saturated carbocycles. The minimum Gasteiger partial charge on any atom is -0.380 e. The minimum absolute atomic E-state index is 0.706. The molecule has 0 aliphatic heterocycles. The van der Waals surface area contributed by atoms with Crippen molar-refractivity contribution in [1.29, 1.82) is 0 Å². The maximum atomic E-state index is 5.25. The lowest BCUT2D eigenvalue weighted by molar-refractivity contribution is 0.184. The normalized spacial score (nSPS) is 22.9. The predicted molar refractivity (Wildman–Crippen MR) is 84.6 cm³/mol. The molecule has 0 aromatic heterocycles. The number of hydrogen-bond donors (Lipinski definition) is 1. The Hall–Kier alpha value is -0.860. The molecule has 2 atom stereocenters. The standard InChI is InChI=1S/C18H29NO/c1-15-6-5-7-16(12-15)10-11-19-13-17-8-3-4-9-18(17)14-20-2/h3-4,8-9,15-16,19H,5-7,10-14H2,1-2H3. The summed E-state index contributed by atoms with van der Waals surface area (Å²) < 4.78 is 5.25. The van der Waals surface area contributed by atoms with Crippen molar-refractivity contribution in [2.75, 3.05) is 13.7 Å². The van der Waals surface area contributed by atoms with Gasteiger partial charge in [0.25, 0.3) is 0 Å². The van der Waals surface area contributed by atoms with Gasteiger partial charge < -0.3 is 10.1 Å². The van der Waals surface area contributed by atoms with Crippen LogP contribution in [0.5, 0.6) is 0 Å². The van der Waals surface area contributed by atoms with E-state index in [4.69, 9.17) is 4.74 Å². The largest absolute Gasteiger partial charge is 0.380 e. The molecular formula is C18H29NO. The summed E-state index contributed by atoms with van der Waals surface area (Å²) in [7, 11) is 1.76. The van der Waals surface area contributed by atoms with E-state index in [1.165, 1.54) is 43.2 Å². The van der Waals surface area contributed by atoms with E-state index in [1.807, 2.05) is 0 Å². The zero-order chi connectivity index (χ0) is 14.2. The van der Waals surface area contributed by atoms with Gasteiger partial charge >= 0.3 is 0 Å². The molecule has 2 nitrogen and oxygen atoms in total. The highest BCUT2D eigenvalue weighted by atomic mass is 16.5. The van der Waals surface area contributed by atoms with E-state index in [-0.39, 0.29) is 0 Å². The quantitative estimate of drug-likeness (QED) is 0.755. The third-order valence-corrected chi connectivity index (χ3v) is 4.51. The summed E-state index contributed by atoms with van der Waals surface area (Å²) in [5.41, 5.74) is 2.67. The number of hydrogen-bond acceptors (Lipinski definition) is 2. The Morgan fingerprint density at radius 2 is 2.00 bits per heavy atom. The van der Waals surface area contributed by atoms with Crippen LogP contribution < -0.4 is 5.32 Å². The monoisotopic (exact) mass is 275 g/mol. The van der Waals surface area contributed by atoms with Gasteiger partial charge in [-0.1, -0.05) is 50.5 Å². The van der Waals surface area contributed by atoms with Crippen LogP contribution in [0.4, 0.5) is 0 Å². The van der Waals surface area contributed by atoms with E-state index in [0.29, 0.717) is 6.61 Å². The fourth-order valence-corrected chi connectivity index (χ4v) is 3.38. The van der Waals surface area contributed by atoms with Gasteiger partial charge in [-0.25, -0.2) is 0 Å². The Balaban J connectivity index is 1.70. The Labute approximate surface area is 123 Å². The van der Waals surface area contributed by atoms with Crippen molar-refractivity contribution in [3.8, 4) is 0 Å². The van der Waals surface area contributed by atoms with Crippen LogP contribution in [0.2, 0.25) is 0 Å². The summed E-state index contributed by atoms with van der Waals surface area (Å²) in [6.45, 7) is 5.21. The van der Waals surface area contributed by atoms with Gasteiger partial charge in [-0.2, -0.15) is 0 Å². The molecule has 0 saturated heterocycles. The fourth-order valence-electron chi connectivity index (χ4n) is 3.38. The van der Waals surface area contributed by atoms with Crippen molar-refractivity contribution in [3.63, 3.8) is 0 Å². The van der Waals surface area contributed by atoms with Crippen LogP contribution in [0.25, 0.3) is 0 Å². The number of benzene rings is 1. The van der Waals surface area contributed by atoms with Gasteiger partial charge in [-0.3, -0.25) is 0 Å². The Morgan fingerprint density at radius 1 is 1.20 bits per heavy atom. The van der Waals surface area contributed by atoms with Crippen LogP contribution in [-0.2, 0) is 17.9 Å². The maximum absolute atomic E-state index is 5.25. The molecule has 1 aromatic rings. The minimum atomic E-state index is 0.706. The number of rotatable bonds is 7. The molecule has 1 aliphatic carbocycles. The lowest BCUT2D eigenvalue weighted by atomic mass is 9.81. The van der Waals surface area contributed by atoms with Gasteiger partial charge in [0.1, 0.15) is 0 Å². The number of ether oxygens (including phenoxy) is 1. The second kappa shape index (κ2) is 8.43. The van der Waals surface area contributed by atoms with Gasteiger partial charge in [0.2, 0.25) is 0 Å². The van der Waals surface area contributed by atoms with E-state index in [9.17, 15) is 0 Å². The first-order chi connectivity index (χ1) is 9.79. The zero-order valence-electron chi connectivity index (χ0n) is 13.0. The van der Waals surface area contributed by atoms with Crippen LogP contribution in [0.15, 0.2) is 24.3 Å². The summed E-state index contributed by atoms with van der Waals surface area (Å²) in [5.74, 6) is 1.89. The van der Waals surface area contributed by atoms with Crippen LogP contribution in [-0.4, -0.2) is 13.7 Å². The van der Waals surface area contributed by atoms with Gasteiger partial charge in [-0.05, 0) is 42.3 Å². The van der Waals surface area contributed by atoms with Crippen LogP contribution in [0, 0.1) is 11.8 Å². The molecule has 0 bridgehead atoms. The molecule has 2 heteroatoms. The van der Waals surface area contributed by atoms with Gasteiger partial charge in [-0.15, -0.1) is 0 Å². The highest BCUT2D eigenvalue weighted by Crippen LogP contribution is 2.30. The van der Waals surface area contributed by atoms with Crippen molar-refractivity contribution in [3.05, 3.63) is 35.4 Å². The van der Waals surface area contributed by atoms with Crippen LogP contribution >= 0.6 is 0 Å². The Kier molecular flexibility index (Phi) is 6.55. The zero-order valence-corrected chi connectivity index (χ0v) is 13.0. The first kappa shape index (κ1) is 15.5. The smallest absolute Gasteiger partial charge is 0.0716 e. The van der Waals surface area contributed by atoms with Gasteiger partial charge in [0.15, 0.2) is 0 Å². The maximum Gasteiger partial charge on any atom is 0.0716 e. The Morgan fingerprint density at radius 3 is 2.75 bits per heavy atom. The van der Waals surface area contributed by atoms with Crippen molar-refractivity contribution >= 4 is 0 Å². The van der Waals surface area contributed by atoms with E-state index >= 15 is 0 Å². The summed E-state index contributed by atoms with van der Waals surface area (Å²) in [5, 5.41) is 3.61. The molecule has 1 aliphatic rings. The van der Waals surface area contributed by atoms with E-state index in [0.717, 1.165) is 24.9 Å². The average molecular weight is 275 g/mol. The second-order valence-electron chi connectivity index (χ2n) is 6.30. The van der Waals surface area contributed by atoms with Crippen molar-refractivity contribution < 1.29 is 4.74 Å². The second-order valence-corrected chi connectivity index (χ2v) is 6.30. The van der Waals surface area contributed by atoms with Crippen LogP contribution in [0.1, 0.15) is 50.2 Å². The molecule has 1 N–H and O–H groups in total. The first-order valence-corrected chi connectivity index (χ1v) is 8.06. The molecule has 1 aromatic carbocycles. The van der Waals surface area contributed by atoms with Crippen molar-refractivity contribution in [1.82, 2.24) is 5.32 Å². The van der Waals surface area contributed by atoms with E-state index in [2.05, 4.69) is 36.5 Å². The highest BCUT2D eigenvalue weighted by molar-refractivity contribution is 5.26. The highest BCUT2D eigenvalue weighted by Gasteiger charge is 2.18. The van der Waals surface area contributed by atoms with E-state index < -0.39 is 0 Å². The lowest BCUT2D eigenvalue weighted by Crippen LogP contribution is -2.21. The molecular weight excluding hydrogens is 246 g/mol. The molecule has 112 valence electrons. The lowest BCUT2D eigenvalue weighted by Gasteiger charge is -2.26. The van der Waals surface area contributed by atoms with Gasteiger partial charge in [0, 0.05) is 13.7 Å². The number of methoxy groups -OCH3 is 1. The van der Waals surface area contributed by atoms with E-state index in [1.54, 1.807) is 7.11 Å². The molecule has 20 heavy (non-hydrogen) atoms. The molecule has 2 unspecified atom stereocenters. The van der Waals surface area contributed by atoms with Crippen molar-refractivity contribution in [2.45, 2.75) is 52.2 Å². The predicted octanol–water partition coefficient (Wildman–Crippen LogP) is 4.14. The Bertz CT molecular complexity index is 391. The summed E-state index contributed by atoms with van der Waals surface area (Å²) >= 11 is 0. The fraction of sp³-hybridized carbons (Fsp3) is 0.667. The molecule has 2 rings (SSSR count). The SMILES string of the molecule is COCc1ccccc1CNCCC1CCCC(C)C1. The van der Waals surface area contributed by atoms with Crippen LogP contribution in [0.3, 0.4) is 0 Å². The molecule has 0 heterocycles. The van der Waals surface area contributed by atoms with Crippen molar-refractivity contribution in [2.24, 2.45) is 11.8 Å². The molecule has 1 fully saturated rings. The number of nitrogens with one attached hydrogen (secondary N) is 1. The summed E-state index contributed by atoms with van der Waals surface area (Å²) in [6.07, 6.45) is 7.07. The van der Waals surface area contributed by atoms with Gasteiger partial charge in [0.05, 0.1) is 6.61 Å². The molecule has 0 radical (unpaired) electrons. The molecule has 0 amide bonds. The topological polar surface area (TPSA) is 21.3 Å². The molecule has 0 spiro atoms.